The molecule has 14 heavy (non-hydrogen) atoms. The Balaban J connectivity index is 2.57. The molecule has 2 nitrogen and oxygen atoms in total. The van der Waals surface area contributed by atoms with E-state index in [2.05, 4.69) is 13.8 Å². The lowest BCUT2D eigenvalue weighted by atomic mass is 10.3. The summed E-state index contributed by atoms with van der Waals surface area (Å²) >= 11 is 5.16. The largest absolute Gasteiger partial charge is 0.432 e. The summed E-state index contributed by atoms with van der Waals surface area (Å²) in [7, 11) is 0. The lowest BCUT2D eigenvalue weighted by molar-refractivity contribution is 0.379. The maximum Gasteiger partial charge on any atom is 0.264 e. The van der Waals surface area contributed by atoms with Crippen molar-refractivity contribution in [2.75, 3.05) is 13.1 Å². The van der Waals surface area contributed by atoms with Gasteiger partial charge in [0.1, 0.15) is 5.75 Å². The fourth-order valence-electron chi connectivity index (χ4n) is 1.14. The van der Waals surface area contributed by atoms with E-state index in [0.717, 1.165) is 18.8 Å². The monoisotopic (exact) mass is 209 g/mol. The number of ether oxygens (including phenoxy) is 1. The first-order valence-electron chi connectivity index (χ1n) is 4.79. The van der Waals surface area contributed by atoms with Gasteiger partial charge in [-0.1, -0.05) is 18.2 Å². The van der Waals surface area contributed by atoms with Gasteiger partial charge in [0.05, 0.1) is 0 Å². The molecule has 0 N–H and O–H groups in total. The third kappa shape index (κ3) is 3.00. The molecule has 0 amide bonds. The number of nitrogens with zero attached hydrogens (tertiary/aromatic N) is 1. The van der Waals surface area contributed by atoms with Gasteiger partial charge < -0.3 is 9.64 Å². The van der Waals surface area contributed by atoms with Crippen LogP contribution in [0.15, 0.2) is 30.3 Å². The Hall–Kier alpha value is -1.09. The molecule has 0 heterocycles. The van der Waals surface area contributed by atoms with Crippen molar-refractivity contribution in [1.82, 2.24) is 4.90 Å². The van der Waals surface area contributed by atoms with Crippen LogP contribution in [-0.4, -0.2) is 23.2 Å². The molecule has 0 spiro atoms. The Kier molecular flexibility index (Phi) is 4.40. The van der Waals surface area contributed by atoms with E-state index in [-0.39, 0.29) is 0 Å². The minimum atomic E-state index is 0.543. The van der Waals surface area contributed by atoms with Crippen LogP contribution < -0.4 is 4.74 Å². The van der Waals surface area contributed by atoms with Gasteiger partial charge in [0.2, 0.25) is 0 Å². The maximum atomic E-state index is 5.52. The van der Waals surface area contributed by atoms with Gasteiger partial charge in [0.25, 0.3) is 5.17 Å². The molecule has 0 aromatic heterocycles. The Labute approximate surface area is 90.5 Å². The van der Waals surface area contributed by atoms with E-state index in [1.165, 1.54) is 0 Å². The van der Waals surface area contributed by atoms with E-state index in [9.17, 15) is 0 Å². The molecule has 0 atom stereocenters. The minimum absolute atomic E-state index is 0.543. The number of rotatable bonds is 3. The summed E-state index contributed by atoms with van der Waals surface area (Å²) in [6.45, 7) is 5.87. The zero-order chi connectivity index (χ0) is 10.4. The van der Waals surface area contributed by atoms with Crippen molar-refractivity contribution < 1.29 is 4.74 Å². The van der Waals surface area contributed by atoms with E-state index >= 15 is 0 Å². The fraction of sp³-hybridized carbons (Fsp3) is 0.364. The second-order valence-corrected chi connectivity index (χ2v) is 3.20. The molecule has 76 valence electrons. The Morgan fingerprint density at radius 2 is 1.79 bits per heavy atom. The van der Waals surface area contributed by atoms with E-state index in [1.54, 1.807) is 0 Å². The minimum Gasteiger partial charge on any atom is -0.432 e. The number of para-hydroxylation sites is 1. The normalized spacial score (nSPS) is 9.57. The third-order valence-corrected chi connectivity index (χ3v) is 2.31. The highest BCUT2D eigenvalue weighted by molar-refractivity contribution is 7.80. The van der Waals surface area contributed by atoms with E-state index in [4.69, 9.17) is 17.0 Å². The summed E-state index contributed by atoms with van der Waals surface area (Å²) < 4.78 is 5.52. The standard InChI is InChI=1S/C11H15NOS/c1-3-12(4-2)11(14)13-10-8-6-5-7-9-10/h5-9H,3-4H2,1-2H3. The molecule has 0 aliphatic rings. The molecule has 0 aliphatic heterocycles. The predicted octanol–water partition coefficient (Wildman–Crippen LogP) is 2.69. The summed E-state index contributed by atoms with van der Waals surface area (Å²) in [6, 6.07) is 9.61. The van der Waals surface area contributed by atoms with Gasteiger partial charge in [-0.3, -0.25) is 0 Å². The Bertz CT molecular complexity index is 283. The SMILES string of the molecule is CCN(CC)C(=S)Oc1ccccc1. The van der Waals surface area contributed by atoms with Crippen molar-refractivity contribution in [2.45, 2.75) is 13.8 Å². The van der Waals surface area contributed by atoms with Crippen molar-refractivity contribution in [3.8, 4) is 5.75 Å². The number of hydrogen-bond acceptors (Lipinski definition) is 2. The smallest absolute Gasteiger partial charge is 0.264 e. The van der Waals surface area contributed by atoms with Gasteiger partial charge in [-0.15, -0.1) is 0 Å². The molecule has 0 radical (unpaired) electrons. The summed E-state index contributed by atoms with van der Waals surface area (Å²) in [5.41, 5.74) is 0. The van der Waals surface area contributed by atoms with Gasteiger partial charge in [-0.2, -0.15) is 0 Å². The van der Waals surface area contributed by atoms with Gasteiger partial charge in [0, 0.05) is 13.1 Å². The third-order valence-electron chi connectivity index (χ3n) is 1.97. The zero-order valence-corrected chi connectivity index (χ0v) is 9.38. The zero-order valence-electron chi connectivity index (χ0n) is 8.56. The fourth-order valence-corrected chi connectivity index (χ4v) is 1.49. The van der Waals surface area contributed by atoms with Crippen LogP contribution in [0.5, 0.6) is 5.75 Å². The lowest BCUT2D eigenvalue weighted by Gasteiger charge is -2.20. The van der Waals surface area contributed by atoms with Gasteiger partial charge in [-0.25, -0.2) is 0 Å². The van der Waals surface area contributed by atoms with E-state index in [1.807, 2.05) is 35.2 Å². The molecule has 0 saturated heterocycles. The van der Waals surface area contributed by atoms with E-state index in [0.29, 0.717) is 5.17 Å². The lowest BCUT2D eigenvalue weighted by Crippen LogP contribution is -2.32. The van der Waals surface area contributed by atoms with Crippen LogP contribution in [0.3, 0.4) is 0 Å². The molecule has 0 saturated carbocycles. The molecule has 0 fully saturated rings. The Morgan fingerprint density at radius 3 is 2.29 bits per heavy atom. The van der Waals surface area contributed by atoms with Gasteiger partial charge in [0.15, 0.2) is 0 Å². The summed E-state index contributed by atoms with van der Waals surface area (Å²) in [5, 5.41) is 0.543. The van der Waals surface area contributed by atoms with Crippen molar-refractivity contribution in [3.05, 3.63) is 30.3 Å². The maximum absolute atomic E-state index is 5.52. The number of benzene rings is 1. The number of thiocarbonyl (C=S) groups is 1. The first kappa shape index (κ1) is 11.0. The second kappa shape index (κ2) is 5.60. The Morgan fingerprint density at radius 1 is 1.21 bits per heavy atom. The highest BCUT2D eigenvalue weighted by Crippen LogP contribution is 2.10. The van der Waals surface area contributed by atoms with Crippen molar-refractivity contribution in [2.24, 2.45) is 0 Å². The topological polar surface area (TPSA) is 12.5 Å². The van der Waals surface area contributed by atoms with Crippen LogP contribution in [-0.2, 0) is 0 Å². The summed E-state index contributed by atoms with van der Waals surface area (Å²) in [6.07, 6.45) is 0. The van der Waals surface area contributed by atoms with Crippen molar-refractivity contribution in [3.63, 3.8) is 0 Å². The molecule has 3 heteroatoms. The number of hydrogen-bond donors (Lipinski definition) is 0. The highest BCUT2D eigenvalue weighted by atomic mass is 32.1. The molecule has 1 aromatic carbocycles. The van der Waals surface area contributed by atoms with Crippen molar-refractivity contribution in [1.29, 1.82) is 0 Å². The first-order valence-corrected chi connectivity index (χ1v) is 5.20. The van der Waals surface area contributed by atoms with Crippen LogP contribution in [0.4, 0.5) is 0 Å². The van der Waals surface area contributed by atoms with Gasteiger partial charge >= 0.3 is 0 Å². The second-order valence-electron chi connectivity index (χ2n) is 2.85. The van der Waals surface area contributed by atoms with Crippen LogP contribution in [0.1, 0.15) is 13.8 Å². The average Bonchev–Trinajstić information content (AvgIpc) is 2.21. The van der Waals surface area contributed by atoms with Crippen LogP contribution >= 0.6 is 12.2 Å². The average molecular weight is 209 g/mol. The molecular formula is C11H15NOS. The summed E-state index contributed by atoms with van der Waals surface area (Å²) in [5.74, 6) is 0.796. The molecule has 1 aromatic rings. The van der Waals surface area contributed by atoms with Gasteiger partial charge in [-0.05, 0) is 38.2 Å². The predicted molar refractivity (Wildman–Crippen MR) is 62.6 cm³/mol. The molecule has 0 bridgehead atoms. The highest BCUT2D eigenvalue weighted by Gasteiger charge is 2.06. The van der Waals surface area contributed by atoms with Crippen LogP contribution in [0.2, 0.25) is 0 Å². The van der Waals surface area contributed by atoms with E-state index < -0.39 is 0 Å². The van der Waals surface area contributed by atoms with Crippen molar-refractivity contribution >= 4 is 17.4 Å². The molecule has 0 unspecified atom stereocenters. The molecule has 1 rings (SSSR count). The van der Waals surface area contributed by atoms with Crippen LogP contribution in [0, 0.1) is 0 Å². The van der Waals surface area contributed by atoms with Crippen LogP contribution in [0.25, 0.3) is 0 Å². The molecular weight excluding hydrogens is 194 g/mol. The summed E-state index contributed by atoms with van der Waals surface area (Å²) in [4.78, 5) is 2.00. The molecule has 0 aliphatic carbocycles. The quantitative estimate of drug-likeness (QED) is 0.710. The first-order chi connectivity index (χ1) is 6.77.